The summed E-state index contributed by atoms with van der Waals surface area (Å²) in [6, 6.07) is -0.777. The first-order chi connectivity index (χ1) is 15.8. The Bertz CT molecular complexity index is 1190. The van der Waals surface area contributed by atoms with Crippen molar-refractivity contribution in [2.24, 2.45) is 5.92 Å². The number of esters is 1. The number of Topliss-reactive ketones (excluding diaryl/α,β-unsaturated/α-hetero) is 2. The Morgan fingerprint density at radius 1 is 1.18 bits per heavy atom. The van der Waals surface area contributed by atoms with E-state index in [-0.39, 0.29) is 45.4 Å². The molecule has 0 amide bonds. The van der Waals surface area contributed by atoms with Crippen molar-refractivity contribution >= 4 is 23.3 Å². The third-order valence-electron chi connectivity index (χ3n) is 6.34. The molecule has 2 atom stereocenters. The fourth-order valence-electron chi connectivity index (χ4n) is 4.52. The van der Waals surface area contributed by atoms with Crippen LogP contribution in [0.25, 0.3) is 0 Å². The van der Waals surface area contributed by atoms with E-state index < -0.39 is 46.3 Å². The summed E-state index contributed by atoms with van der Waals surface area (Å²) in [6.07, 6.45) is 1.54. The molecule has 1 aromatic carbocycles. The molecular formula is C25H29NO8. The third-order valence-corrected chi connectivity index (χ3v) is 6.34. The van der Waals surface area contributed by atoms with Crippen LogP contribution in [0, 0.1) is 12.8 Å². The highest BCUT2D eigenvalue weighted by atomic mass is 16.5. The lowest BCUT2D eigenvalue weighted by Gasteiger charge is -2.30. The number of hydrogen-bond donors (Lipinski definition) is 3. The molecule has 182 valence electrons. The number of rotatable bonds is 6. The molecule has 9 nitrogen and oxygen atoms in total. The van der Waals surface area contributed by atoms with Crippen LogP contribution >= 0.6 is 0 Å². The molecule has 3 rings (SSSR count). The van der Waals surface area contributed by atoms with Crippen molar-refractivity contribution in [3.05, 3.63) is 39.8 Å². The Labute approximate surface area is 197 Å². The molecule has 0 fully saturated rings. The van der Waals surface area contributed by atoms with Gasteiger partial charge in [0.15, 0.2) is 17.3 Å². The van der Waals surface area contributed by atoms with Crippen LogP contribution in [0.15, 0.2) is 23.1 Å². The van der Waals surface area contributed by atoms with E-state index in [9.17, 15) is 29.4 Å². The van der Waals surface area contributed by atoms with E-state index in [0.717, 1.165) is 6.08 Å². The highest BCUT2D eigenvalue weighted by Gasteiger charge is 2.56. The van der Waals surface area contributed by atoms with Crippen molar-refractivity contribution in [1.29, 1.82) is 0 Å². The molecule has 1 aromatic rings. The van der Waals surface area contributed by atoms with Gasteiger partial charge in [0.25, 0.3) is 0 Å². The van der Waals surface area contributed by atoms with Crippen molar-refractivity contribution < 1.29 is 38.9 Å². The van der Waals surface area contributed by atoms with Crippen LogP contribution in [0.4, 0.5) is 0 Å². The predicted octanol–water partition coefficient (Wildman–Crippen LogP) is 2.75. The van der Waals surface area contributed by atoms with Gasteiger partial charge in [-0.15, -0.1) is 0 Å². The minimum Gasteiger partial charge on any atom is -0.507 e. The van der Waals surface area contributed by atoms with Crippen LogP contribution in [0.1, 0.15) is 62.5 Å². The van der Waals surface area contributed by atoms with Gasteiger partial charge in [-0.05, 0) is 40.0 Å². The topological polar surface area (TPSA) is 139 Å². The van der Waals surface area contributed by atoms with Gasteiger partial charge in [0.1, 0.15) is 40.0 Å². The highest BCUT2D eigenvalue weighted by molar-refractivity contribution is 6.31. The molecule has 1 heterocycles. The molecule has 0 saturated carbocycles. The van der Waals surface area contributed by atoms with Crippen molar-refractivity contribution in [3.63, 3.8) is 0 Å². The lowest BCUT2D eigenvalue weighted by Crippen LogP contribution is -2.43. The molecule has 34 heavy (non-hydrogen) atoms. The Hall–Kier alpha value is -3.62. The number of allylic oxidation sites excluding steroid dienone is 4. The summed E-state index contributed by atoms with van der Waals surface area (Å²) in [6.45, 7) is 9.49. The highest BCUT2D eigenvalue weighted by Crippen LogP contribution is 2.57. The zero-order chi connectivity index (χ0) is 25.7. The minimum absolute atomic E-state index is 0.00810. The number of phenolic OH excluding ortho intramolecular Hbond substituents is 2. The van der Waals surface area contributed by atoms with Crippen molar-refractivity contribution in [1.82, 2.24) is 5.32 Å². The standard InChI is InChI=1S/C25H29NO8/c1-10(2)8-14(24(32)33-7)26-12(4)17-15(28)9-16-25(6,23(17)31)19-21(30)11(3)20(29)18(13(5)27)22(19)34-16/h9-10,14,26,29-30H,8H2,1-7H3/b17-12+/t14-,25-/m0/s1. The molecule has 0 radical (unpaired) electrons. The van der Waals surface area contributed by atoms with Gasteiger partial charge in [0.2, 0.25) is 0 Å². The summed E-state index contributed by atoms with van der Waals surface area (Å²) >= 11 is 0. The third kappa shape index (κ3) is 3.65. The Morgan fingerprint density at radius 2 is 1.79 bits per heavy atom. The average Bonchev–Trinajstić information content (AvgIpc) is 3.03. The monoisotopic (exact) mass is 471 g/mol. The number of benzene rings is 1. The van der Waals surface area contributed by atoms with Crippen LogP contribution < -0.4 is 10.1 Å². The zero-order valence-corrected chi connectivity index (χ0v) is 20.3. The maximum Gasteiger partial charge on any atom is 0.328 e. The summed E-state index contributed by atoms with van der Waals surface area (Å²) < 4.78 is 10.6. The van der Waals surface area contributed by atoms with Gasteiger partial charge in [0, 0.05) is 17.3 Å². The van der Waals surface area contributed by atoms with Gasteiger partial charge in [0.05, 0.1) is 18.2 Å². The summed E-state index contributed by atoms with van der Waals surface area (Å²) in [7, 11) is 1.26. The van der Waals surface area contributed by atoms with Crippen LogP contribution in [-0.2, 0) is 24.5 Å². The number of carbonyl (C=O) groups is 4. The quantitative estimate of drug-likeness (QED) is 0.247. The van der Waals surface area contributed by atoms with E-state index in [1.807, 2.05) is 13.8 Å². The summed E-state index contributed by atoms with van der Waals surface area (Å²) in [5.74, 6) is -3.29. The van der Waals surface area contributed by atoms with Crippen LogP contribution in [0.2, 0.25) is 0 Å². The van der Waals surface area contributed by atoms with E-state index in [4.69, 9.17) is 9.47 Å². The molecule has 0 aromatic heterocycles. The SMILES string of the molecule is COC(=O)[C@H](CC(C)C)N/C(C)=C1\C(=O)C=C2Oc3c(C(C)=O)c(O)c(C)c(O)c3[C@@]2(C)C1=O. The van der Waals surface area contributed by atoms with E-state index in [2.05, 4.69) is 5.32 Å². The second-order valence-electron chi connectivity index (χ2n) is 9.24. The smallest absolute Gasteiger partial charge is 0.328 e. The van der Waals surface area contributed by atoms with E-state index in [1.54, 1.807) is 0 Å². The van der Waals surface area contributed by atoms with Gasteiger partial charge >= 0.3 is 5.97 Å². The molecule has 0 saturated heterocycles. The molecule has 3 N–H and O–H groups in total. The van der Waals surface area contributed by atoms with Crippen molar-refractivity contribution in [2.45, 2.75) is 59.4 Å². The molecule has 9 heteroatoms. The average molecular weight is 472 g/mol. The van der Waals surface area contributed by atoms with Gasteiger partial charge < -0.3 is 25.0 Å². The first-order valence-electron chi connectivity index (χ1n) is 10.9. The number of hydrogen-bond acceptors (Lipinski definition) is 9. The Balaban J connectivity index is 2.20. The number of carbonyl (C=O) groups excluding carboxylic acids is 4. The summed E-state index contributed by atoms with van der Waals surface area (Å²) in [5, 5.41) is 24.3. The van der Waals surface area contributed by atoms with Gasteiger partial charge in [-0.3, -0.25) is 14.4 Å². The van der Waals surface area contributed by atoms with Crippen LogP contribution in [0.5, 0.6) is 17.2 Å². The molecule has 0 spiro atoms. The number of ether oxygens (including phenoxy) is 2. The first-order valence-corrected chi connectivity index (χ1v) is 10.9. The van der Waals surface area contributed by atoms with Crippen LogP contribution in [0.3, 0.4) is 0 Å². The number of nitrogens with one attached hydrogen (secondary N) is 1. The largest absolute Gasteiger partial charge is 0.507 e. The lowest BCUT2D eigenvalue weighted by molar-refractivity contribution is -0.143. The molecule has 1 aliphatic heterocycles. The molecule has 0 unspecified atom stereocenters. The second-order valence-corrected chi connectivity index (χ2v) is 9.24. The van der Waals surface area contributed by atoms with Crippen molar-refractivity contribution in [3.8, 4) is 17.2 Å². The number of ketones is 3. The Kier molecular flexibility index (Phi) is 6.34. The van der Waals surface area contributed by atoms with Gasteiger partial charge in [-0.25, -0.2) is 4.79 Å². The fourth-order valence-corrected chi connectivity index (χ4v) is 4.52. The normalized spacial score (nSPS) is 21.4. The second kappa shape index (κ2) is 8.62. The van der Waals surface area contributed by atoms with E-state index in [1.165, 1.54) is 34.8 Å². The molecular weight excluding hydrogens is 442 g/mol. The maximum absolute atomic E-state index is 13.8. The number of phenols is 2. The number of methoxy groups -OCH3 is 1. The van der Waals surface area contributed by atoms with Gasteiger partial charge in [-0.1, -0.05) is 13.8 Å². The summed E-state index contributed by atoms with van der Waals surface area (Å²) in [4.78, 5) is 51.3. The number of fused-ring (bicyclic) bond motifs is 3. The lowest BCUT2D eigenvalue weighted by atomic mass is 9.70. The summed E-state index contributed by atoms with van der Waals surface area (Å²) in [5.41, 5.74) is -1.79. The molecule has 0 bridgehead atoms. The van der Waals surface area contributed by atoms with Crippen LogP contribution in [-0.4, -0.2) is 46.7 Å². The Morgan fingerprint density at radius 3 is 2.32 bits per heavy atom. The number of aromatic hydroxyl groups is 2. The molecule has 2 aliphatic rings. The van der Waals surface area contributed by atoms with Gasteiger partial charge in [-0.2, -0.15) is 0 Å². The fraction of sp³-hybridized carbons (Fsp3) is 0.440. The van der Waals surface area contributed by atoms with Crippen molar-refractivity contribution in [2.75, 3.05) is 7.11 Å². The first kappa shape index (κ1) is 25.0. The predicted molar refractivity (Wildman–Crippen MR) is 122 cm³/mol. The maximum atomic E-state index is 13.8. The van der Waals surface area contributed by atoms with E-state index in [0.29, 0.717) is 6.42 Å². The molecule has 1 aliphatic carbocycles. The van der Waals surface area contributed by atoms with E-state index >= 15 is 0 Å². The zero-order valence-electron chi connectivity index (χ0n) is 20.3. The minimum atomic E-state index is -1.62.